The van der Waals surface area contributed by atoms with Crippen molar-refractivity contribution in [2.75, 3.05) is 27.9 Å². The molecule has 5 atom stereocenters. The third-order valence-electron chi connectivity index (χ3n) is 9.59. The molecule has 210 valence electrons. The van der Waals surface area contributed by atoms with Gasteiger partial charge in [-0.1, -0.05) is 13.0 Å². The molecule has 3 N–H and O–H groups in total. The molecule has 39 heavy (non-hydrogen) atoms. The third kappa shape index (κ3) is 3.25. The molecule has 2 heterocycles. The van der Waals surface area contributed by atoms with E-state index in [0.717, 1.165) is 0 Å². The monoisotopic (exact) mass is 542 g/mol. The van der Waals surface area contributed by atoms with E-state index in [0.29, 0.717) is 22.8 Å². The van der Waals surface area contributed by atoms with Gasteiger partial charge in [0.1, 0.15) is 22.7 Å². The second kappa shape index (κ2) is 8.58. The highest BCUT2D eigenvalue weighted by molar-refractivity contribution is 5.98. The molecule has 1 saturated carbocycles. The molecule has 2 aliphatic carbocycles. The van der Waals surface area contributed by atoms with Gasteiger partial charge in [0.2, 0.25) is 5.75 Å². The van der Waals surface area contributed by atoms with Crippen molar-refractivity contribution in [2.45, 2.75) is 56.8 Å². The number of hydrogen-bond acceptors (Lipinski definition) is 10. The number of carbonyl (C=O) groups excluding carboxylic acids is 1. The lowest BCUT2D eigenvalue weighted by Gasteiger charge is -2.68. The molecule has 3 aliphatic rings. The molecule has 0 spiro atoms. The second-order valence-electron chi connectivity index (χ2n) is 11.3. The summed E-state index contributed by atoms with van der Waals surface area (Å²) in [6.45, 7) is 4.38. The van der Waals surface area contributed by atoms with Crippen molar-refractivity contribution in [3.05, 3.63) is 46.3 Å². The third-order valence-corrected chi connectivity index (χ3v) is 9.59. The van der Waals surface area contributed by atoms with Crippen LogP contribution in [0.15, 0.2) is 39.6 Å². The summed E-state index contributed by atoms with van der Waals surface area (Å²) in [7, 11) is 4.43. The maximum absolute atomic E-state index is 13.5. The van der Waals surface area contributed by atoms with E-state index in [1.165, 1.54) is 40.4 Å². The van der Waals surface area contributed by atoms with E-state index in [-0.39, 0.29) is 36.3 Å². The van der Waals surface area contributed by atoms with Crippen LogP contribution >= 0.6 is 0 Å². The average Bonchev–Trinajstić information content (AvgIpc) is 2.92. The van der Waals surface area contributed by atoms with Crippen LogP contribution in [0.4, 0.5) is 0 Å². The largest absolute Gasteiger partial charge is 0.493 e. The molecule has 0 amide bonds. The molecular weight excluding hydrogens is 508 g/mol. The van der Waals surface area contributed by atoms with E-state index in [9.17, 15) is 24.9 Å². The van der Waals surface area contributed by atoms with Crippen molar-refractivity contribution < 1.29 is 43.5 Å². The van der Waals surface area contributed by atoms with Crippen LogP contribution in [0.1, 0.15) is 39.2 Å². The van der Waals surface area contributed by atoms with E-state index in [2.05, 4.69) is 0 Å². The maximum atomic E-state index is 13.5. The first-order valence-corrected chi connectivity index (χ1v) is 12.7. The number of rotatable bonds is 5. The van der Waals surface area contributed by atoms with Gasteiger partial charge >= 0.3 is 5.63 Å². The zero-order valence-electron chi connectivity index (χ0n) is 22.9. The van der Waals surface area contributed by atoms with Gasteiger partial charge in [-0.2, -0.15) is 0 Å². The second-order valence-corrected chi connectivity index (χ2v) is 11.3. The summed E-state index contributed by atoms with van der Waals surface area (Å²) >= 11 is 0. The van der Waals surface area contributed by atoms with Crippen LogP contribution in [0.2, 0.25) is 0 Å². The van der Waals surface area contributed by atoms with Gasteiger partial charge in [0.15, 0.2) is 17.3 Å². The number of benzene rings is 1. The predicted molar refractivity (Wildman–Crippen MR) is 139 cm³/mol. The number of fused-ring (bicyclic) bond motifs is 4. The van der Waals surface area contributed by atoms with Gasteiger partial charge in [0.25, 0.3) is 0 Å². The zero-order chi connectivity index (χ0) is 28.6. The average molecular weight is 543 g/mol. The molecular formula is C29H34O10. The van der Waals surface area contributed by atoms with Crippen molar-refractivity contribution in [3.63, 3.8) is 0 Å². The normalized spacial score (nSPS) is 34.8. The van der Waals surface area contributed by atoms with E-state index < -0.39 is 45.6 Å². The minimum absolute atomic E-state index is 0.0460. The van der Waals surface area contributed by atoms with Crippen molar-refractivity contribution in [1.82, 2.24) is 0 Å². The standard InChI is InChI=1S/C29H34O10/c1-25(15-30)8-7-22(31)27(3)28(25,33)10-9-26(2)29(27,34)14-17-19(39-26)13-18(38-24(17)32)16-11-20(35-4)23(37-6)21(12-16)36-5/h7-8,11-13,30,33-34H,9-10,14-15H2,1-6H3/t25-,26+,27-,28+,29+/m0/s1. The molecule has 0 bridgehead atoms. The quantitative estimate of drug-likeness (QED) is 0.515. The van der Waals surface area contributed by atoms with Gasteiger partial charge in [-0.3, -0.25) is 4.79 Å². The predicted octanol–water partition coefficient (Wildman–Crippen LogP) is 2.43. The number of aliphatic hydroxyl groups excluding tert-OH is 1. The Labute approximate surface area is 225 Å². The van der Waals surface area contributed by atoms with Crippen LogP contribution in [-0.4, -0.2) is 65.8 Å². The summed E-state index contributed by atoms with van der Waals surface area (Å²) < 4.78 is 28.3. The Morgan fingerprint density at radius 2 is 1.56 bits per heavy atom. The lowest BCUT2D eigenvalue weighted by molar-refractivity contribution is -0.301. The van der Waals surface area contributed by atoms with Crippen molar-refractivity contribution in [3.8, 4) is 34.3 Å². The van der Waals surface area contributed by atoms with Gasteiger partial charge in [-0.05, 0) is 44.9 Å². The van der Waals surface area contributed by atoms with Crippen LogP contribution < -0.4 is 24.6 Å². The van der Waals surface area contributed by atoms with Crippen molar-refractivity contribution in [1.29, 1.82) is 0 Å². The minimum atomic E-state index is -2.00. The van der Waals surface area contributed by atoms with Gasteiger partial charge < -0.3 is 38.7 Å². The first-order chi connectivity index (χ1) is 18.3. The van der Waals surface area contributed by atoms with Crippen LogP contribution in [0.25, 0.3) is 11.3 Å². The molecule has 0 radical (unpaired) electrons. The van der Waals surface area contributed by atoms with Crippen LogP contribution in [0.5, 0.6) is 23.0 Å². The fourth-order valence-electron chi connectivity index (χ4n) is 6.87. The summed E-state index contributed by atoms with van der Waals surface area (Å²) in [5, 5.41) is 34.6. The maximum Gasteiger partial charge on any atom is 0.343 e. The molecule has 1 aliphatic heterocycles. The lowest BCUT2D eigenvalue weighted by atomic mass is 9.41. The van der Waals surface area contributed by atoms with E-state index in [1.807, 2.05) is 0 Å². The number of carbonyl (C=O) groups is 1. The van der Waals surface area contributed by atoms with E-state index in [4.69, 9.17) is 23.4 Å². The zero-order valence-corrected chi connectivity index (χ0v) is 22.9. The number of aliphatic hydroxyl groups is 3. The van der Waals surface area contributed by atoms with Crippen LogP contribution in [0, 0.1) is 10.8 Å². The molecule has 0 saturated heterocycles. The highest BCUT2D eigenvalue weighted by Crippen LogP contribution is 2.65. The lowest BCUT2D eigenvalue weighted by Crippen LogP contribution is -2.82. The van der Waals surface area contributed by atoms with E-state index in [1.54, 1.807) is 32.0 Å². The first kappa shape index (κ1) is 27.2. The number of hydrogen-bond donors (Lipinski definition) is 3. The summed E-state index contributed by atoms with van der Waals surface area (Å²) in [4.78, 5) is 26.9. The Morgan fingerprint density at radius 1 is 0.923 bits per heavy atom. The number of ketones is 1. The molecule has 1 aromatic heterocycles. The van der Waals surface area contributed by atoms with Crippen LogP contribution in [0.3, 0.4) is 0 Å². The summed E-state index contributed by atoms with van der Waals surface area (Å²) in [6, 6.07) is 4.83. The van der Waals surface area contributed by atoms with Crippen molar-refractivity contribution >= 4 is 5.78 Å². The molecule has 10 nitrogen and oxygen atoms in total. The summed E-state index contributed by atoms with van der Waals surface area (Å²) in [5.74, 6) is 0.987. The van der Waals surface area contributed by atoms with E-state index >= 15 is 0 Å². The molecule has 1 aromatic carbocycles. The molecule has 1 fully saturated rings. The van der Waals surface area contributed by atoms with Crippen molar-refractivity contribution in [2.24, 2.45) is 10.8 Å². The highest BCUT2D eigenvalue weighted by atomic mass is 16.5. The molecule has 2 aromatic rings. The van der Waals surface area contributed by atoms with Gasteiger partial charge in [-0.15, -0.1) is 0 Å². The topological polar surface area (TPSA) is 145 Å². The minimum Gasteiger partial charge on any atom is -0.493 e. The summed E-state index contributed by atoms with van der Waals surface area (Å²) in [5.41, 5.74) is -8.38. The molecule has 0 unspecified atom stereocenters. The highest BCUT2D eigenvalue weighted by Gasteiger charge is 2.78. The Hall–Kier alpha value is -3.34. The first-order valence-electron chi connectivity index (χ1n) is 12.7. The SMILES string of the molecule is COc1cc(-c2cc3c(c(=O)o2)C[C@]2(O)[C@@]4(C)C(=O)C=C[C@@](C)(CO)[C@]4(O)CC[C@@]2(C)O3)cc(OC)c1OC. The summed E-state index contributed by atoms with van der Waals surface area (Å²) in [6.07, 6.45) is 2.73. The Bertz CT molecular complexity index is 1420. The molecule has 5 rings (SSSR count). The van der Waals surface area contributed by atoms with Crippen LogP contribution in [-0.2, 0) is 11.2 Å². The number of ether oxygens (including phenoxy) is 4. The Balaban J connectivity index is 1.66. The number of methoxy groups -OCH3 is 3. The fraction of sp³-hybridized carbons (Fsp3) is 0.517. The van der Waals surface area contributed by atoms with Gasteiger partial charge in [0.05, 0.1) is 44.5 Å². The Kier molecular flexibility index (Phi) is 5.99. The van der Waals surface area contributed by atoms with Gasteiger partial charge in [0, 0.05) is 23.5 Å². The molecule has 10 heteroatoms. The van der Waals surface area contributed by atoms with Gasteiger partial charge in [-0.25, -0.2) is 4.79 Å². The smallest absolute Gasteiger partial charge is 0.343 e. The fourth-order valence-corrected chi connectivity index (χ4v) is 6.87. The number of allylic oxidation sites excluding steroid dienone is 1. The Morgan fingerprint density at radius 3 is 2.13 bits per heavy atom.